The number of rotatable bonds is 8. The number of nitrogens with zero attached hydrogens (tertiary/aromatic N) is 2. The van der Waals surface area contributed by atoms with E-state index in [0.29, 0.717) is 0 Å². The lowest BCUT2D eigenvalue weighted by molar-refractivity contribution is 0.724. The molecule has 0 spiro atoms. The molecule has 1 N–H and O–H groups in total. The van der Waals surface area contributed by atoms with Gasteiger partial charge in [-0.25, -0.2) is 4.98 Å². The van der Waals surface area contributed by atoms with E-state index in [1.54, 1.807) is 0 Å². The van der Waals surface area contributed by atoms with Gasteiger partial charge in [-0.15, -0.1) is 0 Å². The van der Waals surface area contributed by atoms with E-state index in [9.17, 15) is 0 Å². The highest BCUT2D eigenvalue weighted by molar-refractivity contribution is 5.46. The smallest absolute Gasteiger partial charge is 0.130 e. The van der Waals surface area contributed by atoms with Crippen molar-refractivity contribution in [3.63, 3.8) is 0 Å². The number of hydrogen-bond acceptors (Lipinski definition) is 3. The van der Waals surface area contributed by atoms with Crippen LogP contribution in [-0.4, -0.2) is 24.6 Å². The fourth-order valence-electron chi connectivity index (χ4n) is 1.73. The summed E-state index contributed by atoms with van der Waals surface area (Å²) in [4.78, 5) is 6.98. The van der Waals surface area contributed by atoms with Crippen LogP contribution in [0.15, 0.2) is 18.2 Å². The summed E-state index contributed by atoms with van der Waals surface area (Å²) in [6.07, 6.45) is 3.58. The molecule has 1 heterocycles. The highest BCUT2D eigenvalue weighted by Crippen LogP contribution is 2.14. The van der Waals surface area contributed by atoms with Gasteiger partial charge in [-0.2, -0.15) is 0 Å². The third kappa shape index (κ3) is 4.63. The van der Waals surface area contributed by atoms with Crippen LogP contribution >= 0.6 is 0 Å². The van der Waals surface area contributed by atoms with Crippen LogP contribution in [-0.2, 0) is 0 Å². The maximum absolute atomic E-state index is 4.65. The predicted octanol–water partition coefficient (Wildman–Crippen LogP) is 3.53. The lowest BCUT2D eigenvalue weighted by atomic mass is 10.3. The average molecular weight is 235 g/mol. The number of anilines is 2. The number of aromatic nitrogens is 1. The Hall–Kier alpha value is -1.25. The van der Waals surface area contributed by atoms with Crippen molar-refractivity contribution in [2.45, 2.75) is 40.0 Å². The topological polar surface area (TPSA) is 28.2 Å². The van der Waals surface area contributed by atoms with Crippen molar-refractivity contribution in [3.05, 3.63) is 18.2 Å². The average Bonchev–Trinajstić information content (AvgIpc) is 2.38. The Morgan fingerprint density at radius 1 is 1.18 bits per heavy atom. The van der Waals surface area contributed by atoms with Crippen molar-refractivity contribution < 1.29 is 0 Å². The Labute approximate surface area is 105 Å². The summed E-state index contributed by atoms with van der Waals surface area (Å²) in [6.45, 7) is 9.67. The van der Waals surface area contributed by atoms with Gasteiger partial charge in [0, 0.05) is 19.6 Å². The quantitative estimate of drug-likeness (QED) is 0.747. The first kappa shape index (κ1) is 13.8. The van der Waals surface area contributed by atoms with Gasteiger partial charge < -0.3 is 10.2 Å². The first-order chi connectivity index (χ1) is 8.31. The highest BCUT2D eigenvalue weighted by atomic mass is 15.2. The van der Waals surface area contributed by atoms with Crippen molar-refractivity contribution >= 4 is 11.6 Å². The van der Waals surface area contributed by atoms with E-state index in [-0.39, 0.29) is 0 Å². The lowest BCUT2D eigenvalue weighted by Gasteiger charge is -2.22. The highest BCUT2D eigenvalue weighted by Gasteiger charge is 2.05. The fourth-order valence-corrected chi connectivity index (χ4v) is 1.73. The molecule has 1 rings (SSSR count). The number of nitrogens with one attached hydrogen (secondary N) is 1. The van der Waals surface area contributed by atoms with Gasteiger partial charge in [-0.3, -0.25) is 0 Å². The normalized spacial score (nSPS) is 10.3. The Morgan fingerprint density at radius 2 is 2.00 bits per heavy atom. The van der Waals surface area contributed by atoms with E-state index in [1.165, 1.54) is 12.8 Å². The molecule has 0 fully saturated rings. The molecule has 0 radical (unpaired) electrons. The Morgan fingerprint density at radius 3 is 2.65 bits per heavy atom. The molecule has 1 aromatic rings. The van der Waals surface area contributed by atoms with Crippen molar-refractivity contribution in [3.8, 4) is 0 Å². The van der Waals surface area contributed by atoms with E-state index in [0.717, 1.165) is 37.7 Å². The molecule has 1 aromatic heterocycles. The van der Waals surface area contributed by atoms with E-state index in [1.807, 2.05) is 6.07 Å². The molecule has 3 nitrogen and oxygen atoms in total. The van der Waals surface area contributed by atoms with Crippen molar-refractivity contribution in [1.29, 1.82) is 0 Å². The maximum atomic E-state index is 4.65. The van der Waals surface area contributed by atoms with Crippen LogP contribution in [0, 0.1) is 0 Å². The van der Waals surface area contributed by atoms with E-state index >= 15 is 0 Å². The van der Waals surface area contributed by atoms with Crippen molar-refractivity contribution in [2.24, 2.45) is 0 Å². The molecule has 17 heavy (non-hydrogen) atoms. The molecule has 3 heteroatoms. The van der Waals surface area contributed by atoms with E-state index < -0.39 is 0 Å². The van der Waals surface area contributed by atoms with Gasteiger partial charge in [-0.05, 0) is 31.9 Å². The summed E-state index contributed by atoms with van der Waals surface area (Å²) in [5, 5.41) is 3.33. The molecule has 0 aliphatic carbocycles. The van der Waals surface area contributed by atoms with Gasteiger partial charge >= 0.3 is 0 Å². The third-order valence-corrected chi connectivity index (χ3v) is 2.78. The summed E-state index contributed by atoms with van der Waals surface area (Å²) in [7, 11) is 0. The second-order valence-electron chi connectivity index (χ2n) is 4.24. The second-order valence-corrected chi connectivity index (χ2v) is 4.24. The standard InChI is InChI=1S/C14H25N3/c1-4-7-12-17(6-3)14-10-8-9-13(16-14)15-11-5-2/h8-10H,4-7,11-12H2,1-3H3,(H,15,16). The fraction of sp³-hybridized carbons (Fsp3) is 0.643. The largest absolute Gasteiger partial charge is 0.370 e. The van der Waals surface area contributed by atoms with Crippen molar-refractivity contribution in [1.82, 2.24) is 4.98 Å². The van der Waals surface area contributed by atoms with Crippen molar-refractivity contribution in [2.75, 3.05) is 29.9 Å². The first-order valence-corrected chi connectivity index (χ1v) is 6.77. The van der Waals surface area contributed by atoms with Crippen LogP contribution in [0.5, 0.6) is 0 Å². The Bertz CT molecular complexity index is 312. The number of pyridine rings is 1. The van der Waals surface area contributed by atoms with Crippen LogP contribution in [0.1, 0.15) is 40.0 Å². The molecular formula is C14H25N3. The molecule has 0 bridgehead atoms. The number of hydrogen-bond donors (Lipinski definition) is 1. The molecule has 0 amide bonds. The van der Waals surface area contributed by atoms with Gasteiger partial charge in [0.1, 0.15) is 11.6 Å². The summed E-state index contributed by atoms with van der Waals surface area (Å²) in [5.74, 6) is 2.07. The summed E-state index contributed by atoms with van der Waals surface area (Å²) < 4.78 is 0. The van der Waals surface area contributed by atoms with Crippen LogP contribution in [0.3, 0.4) is 0 Å². The zero-order chi connectivity index (χ0) is 12.5. The zero-order valence-electron chi connectivity index (χ0n) is 11.4. The van der Waals surface area contributed by atoms with Gasteiger partial charge in [0.15, 0.2) is 0 Å². The van der Waals surface area contributed by atoms with Crippen LogP contribution in [0.25, 0.3) is 0 Å². The summed E-state index contributed by atoms with van der Waals surface area (Å²) >= 11 is 0. The van der Waals surface area contributed by atoms with Crippen LogP contribution in [0.4, 0.5) is 11.6 Å². The molecule has 96 valence electrons. The van der Waals surface area contributed by atoms with E-state index in [2.05, 4.69) is 48.1 Å². The molecule has 0 saturated heterocycles. The molecular weight excluding hydrogens is 210 g/mol. The molecule has 0 aromatic carbocycles. The van der Waals surface area contributed by atoms with E-state index in [4.69, 9.17) is 0 Å². The van der Waals surface area contributed by atoms with Gasteiger partial charge in [-0.1, -0.05) is 26.3 Å². The van der Waals surface area contributed by atoms with Crippen LogP contribution < -0.4 is 10.2 Å². The zero-order valence-corrected chi connectivity index (χ0v) is 11.4. The minimum atomic E-state index is 0.984. The molecule has 0 aliphatic heterocycles. The monoisotopic (exact) mass is 235 g/mol. The second kappa shape index (κ2) is 7.93. The van der Waals surface area contributed by atoms with Crippen LogP contribution in [0.2, 0.25) is 0 Å². The Kier molecular flexibility index (Phi) is 6.45. The summed E-state index contributed by atoms with van der Waals surface area (Å²) in [5.41, 5.74) is 0. The molecule has 0 unspecified atom stereocenters. The first-order valence-electron chi connectivity index (χ1n) is 6.77. The van der Waals surface area contributed by atoms with Gasteiger partial charge in [0.05, 0.1) is 0 Å². The lowest BCUT2D eigenvalue weighted by Crippen LogP contribution is -2.25. The maximum Gasteiger partial charge on any atom is 0.130 e. The molecule has 0 aliphatic rings. The van der Waals surface area contributed by atoms with Gasteiger partial charge in [0.25, 0.3) is 0 Å². The minimum Gasteiger partial charge on any atom is -0.370 e. The number of unbranched alkanes of at least 4 members (excludes halogenated alkanes) is 1. The van der Waals surface area contributed by atoms with Gasteiger partial charge in [0.2, 0.25) is 0 Å². The summed E-state index contributed by atoms with van der Waals surface area (Å²) in [6, 6.07) is 6.21. The predicted molar refractivity (Wildman–Crippen MR) is 75.8 cm³/mol. The Balaban J connectivity index is 2.66. The molecule has 0 atom stereocenters. The minimum absolute atomic E-state index is 0.984. The molecule has 0 saturated carbocycles. The SMILES string of the molecule is CCCCN(CC)c1cccc(NCCC)n1. The third-order valence-electron chi connectivity index (χ3n) is 2.78.